The summed E-state index contributed by atoms with van der Waals surface area (Å²) in [5.41, 5.74) is 2.10. The summed E-state index contributed by atoms with van der Waals surface area (Å²) in [4.78, 5) is 43.1. The number of urea groups is 1. The number of amides is 4. The molecular formula is C21H21FN4O4. The molecule has 0 saturated carbocycles. The van der Waals surface area contributed by atoms with E-state index in [2.05, 4.69) is 16.2 Å². The first-order valence-electron chi connectivity index (χ1n) is 9.88. The molecular weight excluding hydrogens is 391 g/mol. The van der Waals surface area contributed by atoms with Gasteiger partial charge in [-0.3, -0.25) is 14.5 Å². The molecule has 0 radical (unpaired) electrons. The summed E-state index contributed by atoms with van der Waals surface area (Å²) in [6.45, 7) is 1.49. The molecule has 2 aromatic rings. The van der Waals surface area contributed by atoms with Gasteiger partial charge in [-0.15, -0.1) is 0 Å². The molecule has 1 fully saturated rings. The van der Waals surface area contributed by atoms with E-state index in [0.29, 0.717) is 17.5 Å². The Morgan fingerprint density at radius 1 is 1.13 bits per heavy atom. The van der Waals surface area contributed by atoms with Crippen molar-refractivity contribution in [2.45, 2.75) is 45.6 Å². The highest BCUT2D eigenvalue weighted by Gasteiger charge is 2.44. The summed E-state index contributed by atoms with van der Waals surface area (Å²) in [5, 5.41) is 3.78. The Morgan fingerprint density at radius 3 is 2.67 bits per heavy atom. The Hall–Kier alpha value is -3.36. The number of carbonyl (C=O) groups excluding carboxylic acids is 3. The number of carbonyl (C=O) groups is 3. The van der Waals surface area contributed by atoms with Crippen LogP contribution in [0.3, 0.4) is 0 Å². The van der Waals surface area contributed by atoms with Gasteiger partial charge in [0.2, 0.25) is 11.7 Å². The Bertz CT molecular complexity index is 1050. The summed E-state index contributed by atoms with van der Waals surface area (Å²) < 4.78 is 18.9. The van der Waals surface area contributed by atoms with E-state index in [0.717, 1.165) is 35.5 Å². The molecule has 30 heavy (non-hydrogen) atoms. The van der Waals surface area contributed by atoms with E-state index in [9.17, 15) is 18.8 Å². The first-order chi connectivity index (χ1) is 14.4. The third kappa shape index (κ3) is 3.87. The van der Waals surface area contributed by atoms with Crippen LogP contribution >= 0.6 is 0 Å². The van der Waals surface area contributed by atoms with Crippen molar-refractivity contribution in [3.05, 3.63) is 47.1 Å². The smallest absolute Gasteiger partial charge is 0.334 e. The van der Waals surface area contributed by atoms with Crippen molar-refractivity contribution in [1.82, 2.24) is 19.9 Å². The van der Waals surface area contributed by atoms with E-state index < -0.39 is 23.7 Å². The number of imide groups is 2. The van der Waals surface area contributed by atoms with Crippen LogP contribution < -0.4 is 0 Å². The molecule has 1 aliphatic carbocycles. The van der Waals surface area contributed by atoms with E-state index in [1.165, 1.54) is 11.6 Å². The van der Waals surface area contributed by atoms with Crippen molar-refractivity contribution in [1.29, 1.82) is 0 Å². The second-order valence-corrected chi connectivity index (χ2v) is 7.46. The molecule has 156 valence electrons. The predicted molar refractivity (Wildman–Crippen MR) is 103 cm³/mol. The lowest BCUT2D eigenvalue weighted by molar-refractivity contribution is -0.143. The maximum atomic E-state index is 13.8. The molecule has 0 unspecified atom stereocenters. The van der Waals surface area contributed by atoms with Crippen LogP contribution in [0.1, 0.15) is 43.6 Å². The third-order valence-corrected chi connectivity index (χ3v) is 5.37. The van der Waals surface area contributed by atoms with Crippen molar-refractivity contribution in [3.63, 3.8) is 0 Å². The second-order valence-electron chi connectivity index (χ2n) is 7.46. The number of hydrogen-bond acceptors (Lipinski definition) is 6. The monoisotopic (exact) mass is 412 g/mol. The maximum Gasteiger partial charge on any atom is 0.334 e. The van der Waals surface area contributed by atoms with Gasteiger partial charge in [-0.25, -0.2) is 14.1 Å². The van der Waals surface area contributed by atoms with Crippen molar-refractivity contribution < 1.29 is 23.3 Å². The summed E-state index contributed by atoms with van der Waals surface area (Å²) in [6.07, 6.45) is 6.93. The van der Waals surface area contributed by atoms with Crippen molar-refractivity contribution in [2.24, 2.45) is 0 Å². The largest absolute Gasteiger partial charge is 0.337 e. The van der Waals surface area contributed by atoms with Crippen LogP contribution in [0.25, 0.3) is 11.4 Å². The van der Waals surface area contributed by atoms with E-state index in [1.807, 2.05) is 0 Å². The predicted octanol–water partition coefficient (Wildman–Crippen LogP) is 3.37. The second kappa shape index (κ2) is 8.17. The van der Waals surface area contributed by atoms with E-state index in [1.54, 1.807) is 19.1 Å². The van der Waals surface area contributed by atoms with Gasteiger partial charge in [0, 0.05) is 12.1 Å². The number of allylic oxidation sites excluding steroid dienone is 1. The molecule has 0 spiro atoms. The average molecular weight is 412 g/mol. The Kier molecular flexibility index (Phi) is 5.43. The molecule has 2 heterocycles. The van der Waals surface area contributed by atoms with Crippen molar-refractivity contribution in [3.8, 4) is 11.4 Å². The minimum absolute atomic E-state index is 0.0164. The standard InChI is InChI=1S/C21H21FN4O4/c1-13-7-8-15(11-16(13)22)18-23-17(30-24-18)12-26-20(28)19(27)25(21(26)29)10-9-14-5-3-2-4-6-14/h5,7-8,11H,2-4,6,9-10,12H2,1H3. The summed E-state index contributed by atoms with van der Waals surface area (Å²) in [5.74, 6) is -2.05. The van der Waals surface area contributed by atoms with Gasteiger partial charge in [0.05, 0.1) is 0 Å². The minimum atomic E-state index is -0.918. The molecule has 0 atom stereocenters. The first kappa shape index (κ1) is 19.9. The molecule has 4 amide bonds. The molecule has 8 nitrogen and oxygen atoms in total. The van der Waals surface area contributed by atoms with E-state index in [4.69, 9.17) is 4.52 Å². The Balaban J connectivity index is 1.44. The molecule has 2 aliphatic rings. The van der Waals surface area contributed by atoms with Gasteiger partial charge < -0.3 is 4.52 Å². The first-order valence-corrected chi connectivity index (χ1v) is 9.88. The topological polar surface area (TPSA) is 96.6 Å². The lowest BCUT2D eigenvalue weighted by Gasteiger charge is -2.17. The molecule has 0 bridgehead atoms. The average Bonchev–Trinajstić information content (AvgIpc) is 3.29. The van der Waals surface area contributed by atoms with Gasteiger partial charge in [-0.2, -0.15) is 4.98 Å². The normalized spacial score (nSPS) is 17.1. The fourth-order valence-corrected chi connectivity index (χ4v) is 3.58. The number of aryl methyl sites for hydroxylation is 1. The highest BCUT2D eigenvalue weighted by Crippen LogP contribution is 2.23. The molecule has 1 saturated heterocycles. The van der Waals surface area contributed by atoms with Gasteiger partial charge in [0.25, 0.3) is 0 Å². The van der Waals surface area contributed by atoms with Crippen molar-refractivity contribution in [2.75, 3.05) is 6.54 Å². The quantitative estimate of drug-likeness (QED) is 0.410. The Labute approximate surface area is 172 Å². The zero-order chi connectivity index (χ0) is 21.3. The minimum Gasteiger partial charge on any atom is -0.337 e. The molecule has 4 rings (SSSR count). The van der Waals surface area contributed by atoms with Crippen LogP contribution in [-0.2, 0) is 16.1 Å². The number of benzene rings is 1. The number of nitrogens with zero attached hydrogens (tertiary/aromatic N) is 4. The fraction of sp³-hybridized carbons (Fsp3) is 0.381. The van der Waals surface area contributed by atoms with Crippen LogP contribution in [0, 0.1) is 12.7 Å². The fourth-order valence-electron chi connectivity index (χ4n) is 3.58. The molecule has 1 aromatic heterocycles. The lowest BCUT2D eigenvalue weighted by Crippen LogP contribution is -2.34. The number of rotatable bonds is 6. The van der Waals surface area contributed by atoms with Crippen LogP contribution in [0.5, 0.6) is 0 Å². The highest BCUT2D eigenvalue weighted by atomic mass is 19.1. The van der Waals surface area contributed by atoms with E-state index >= 15 is 0 Å². The van der Waals surface area contributed by atoms with Crippen LogP contribution in [0.4, 0.5) is 9.18 Å². The molecule has 0 N–H and O–H groups in total. The summed E-state index contributed by atoms with van der Waals surface area (Å²) in [6, 6.07) is 3.82. The van der Waals surface area contributed by atoms with Crippen molar-refractivity contribution >= 4 is 17.8 Å². The molecule has 9 heteroatoms. The van der Waals surface area contributed by atoms with Gasteiger partial charge in [0.1, 0.15) is 12.4 Å². The lowest BCUT2D eigenvalue weighted by atomic mass is 9.97. The van der Waals surface area contributed by atoms with Crippen LogP contribution in [0.15, 0.2) is 34.4 Å². The third-order valence-electron chi connectivity index (χ3n) is 5.37. The Morgan fingerprint density at radius 2 is 1.93 bits per heavy atom. The molecule has 1 aromatic carbocycles. The molecule has 1 aliphatic heterocycles. The summed E-state index contributed by atoms with van der Waals surface area (Å²) >= 11 is 0. The zero-order valence-corrected chi connectivity index (χ0v) is 16.6. The van der Waals surface area contributed by atoms with Gasteiger partial charge in [-0.1, -0.05) is 28.9 Å². The van der Waals surface area contributed by atoms with Gasteiger partial charge in [-0.05, 0) is 50.7 Å². The highest BCUT2D eigenvalue weighted by molar-refractivity contribution is 6.44. The zero-order valence-electron chi connectivity index (χ0n) is 16.6. The van der Waals surface area contributed by atoms with Crippen LogP contribution in [-0.4, -0.2) is 44.3 Å². The number of aromatic nitrogens is 2. The van der Waals surface area contributed by atoms with Gasteiger partial charge >= 0.3 is 17.8 Å². The maximum absolute atomic E-state index is 13.8. The summed E-state index contributed by atoms with van der Waals surface area (Å²) in [7, 11) is 0. The van der Waals surface area contributed by atoms with Gasteiger partial charge in [0.15, 0.2) is 0 Å². The van der Waals surface area contributed by atoms with Crippen LogP contribution in [0.2, 0.25) is 0 Å². The number of halogens is 1. The number of hydrogen-bond donors (Lipinski definition) is 0. The van der Waals surface area contributed by atoms with E-state index in [-0.39, 0.29) is 24.8 Å². The SMILES string of the molecule is Cc1ccc(-c2noc(CN3C(=O)C(=O)N(CCC4=CCCCC4)C3=O)n2)cc1F.